The smallest absolute Gasteiger partial charge is 0.328 e. The number of carboxylic acid groups (broad SMARTS) is 1. The Kier molecular flexibility index (Phi) is 6.49. The van der Waals surface area contributed by atoms with Gasteiger partial charge in [0.05, 0.1) is 24.2 Å². The molecule has 2 N–H and O–H groups in total. The lowest BCUT2D eigenvalue weighted by Gasteiger charge is -2.40. The third-order valence-corrected chi connectivity index (χ3v) is 7.08. The van der Waals surface area contributed by atoms with E-state index < -0.39 is 11.9 Å². The molecule has 10 heteroatoms. The normalized spacial score (nSPS) is 19.2. The molecule has 5 rings (SSSR count). The summed E-state index contributed by atoms with van der Waals surface area (Å²) in [6.45, 7) is 4.44. The Morgan fingerprint density at radius 3 is 2.72 bits per heavy atom. The zero-order chi connectivity index (χ0) is 25.2. The summed E-state index contributed by atoms with van der Waals surface area (Å²) in [5.41, 5.74) is 4.32. The average Bonchev–Trinajstić information content (AvgIpc) is 3.51. The molecule has 3 heterocycles. The van der Waals surface area contributed by atoms with Gasteiger partial charge in [-0.3, -0.25) is 18.9 Å². The molecule has 1 aromatic carbocycles. The Morgan fingerprint density at radius 1 is 1.19 bits per heavy atom. The van der Waals surface area contributed by atoms with E-state index in [1.165, 1.54) is 0 Å². The van der Waals surface area contributed by atoms with Crippen LogP contribution in [0, 0.1) is 11.8 Å². The maximum Gasteiger partial charge on any atom is 0.328 e. The number of carboxylic acids is 1. The zero-order valence-corrected chi connectivity index (χ0v) is 20.3. The second kappa shape index (κ2) is 9.88. The maximum absolute atomic E-state index is 13.5. The number of aromatic amines is 1. The SMILES string of the molecule is CCCCc1cn(C2C(C)CC2C(=O)O)c(=O)n1Cc1cc(-c2cccc(-c3nnn[nH]3)c2)ccn1. The third kappa shape index (κ3) is 4.46. The lowest BCUT2D eigenvalue weighted by atomic mass is 9.70. The molecule has 0 amide bonds. The summed E-state index contributed by atoms with van der Waals surface area (Å²) < 4.78 is 3.40. The second-order valence-electron chi connectivity index (χ2n) is 9.51. The van der Waals surface area contributed by atoms with Crippen LogP contribution in [-0.2, 0) is 17.8 Å². The van der Waals surface area contributed by atoms with Crippen LogP contribution in [0.4, 0.5) is 0 Å². The van der Waals surface area contributed by atoms with E-state index in [9.17, 15) is 14.7 Å². The molecule has 1 saturated carbocycles. The van der Waals surface area contributed by atoms with Gasteiger partial charge in [0.1, 0.15) is 0 Å². The number of rotatable bonds is 9. The van der Waals surface area contributed by atoms with E-state index >= 15 is 0 Å². The van der Waals surface area contributed by atoms with Gasteiger partial charge < -0.3 is 5.11 Å². The molecule has 0 aliphatic heterocycles. The number of imidazole rings is 1. The lowest BCUT2D eigenvalue weighted by Crippen LogP contribution is -2.45. The first-order chi connectivity index (χ1) is 17.5. The van der Waals surface area contributed by atoms with Crippen molar-refractivity contribution >= 4 is 5.97 Å². The molecule has 1 fully saturated rings. The molecule has 0 saturated heterocycles. The van der Waals surface area contributed by atoms with Gasteiger partial charge in [-0.15, -0.1) is 5.10 Å². The minimum Gasteiger partial charge on any atom is -0.481 e. The van der Waals surface area contributed by atoms with Crippen LogP contribution in [0.2, 0.25) is 0 Å². The van der Waals surface area contributed by atoms with Gasteiger partial charge in [0.15, 0.2) is 5.82 Å². The van der Waals surface area contributed by atoms with Gasteiger partial charge in [-0.2, -0.15) is 0 Å². The van der Waals surface area contributed by atoms with Crippen LogP contribution in [0.15, 0.2) is 53.6 Å². The quantitative estimate of drug-likeness (QED) is 0.369. The number of benzene rings is 1. The molecule has 3 unspecified atom stereocenters. The summed E-state index contributed by atoms with van der Waals surface area (Å²) in [5, 5.41) is 23.7. The van der Waals surface area contributed by atoms with Crippen molar-refractivity contribution in [2.45, 2.75) is 52.1 Å². The van der Waals surface area contributed by atoms with Crippen LogP contribution < -0.4 is 5.69 Å². The van der Waals surface area contributed by atoms with Crippen molar-refractivity contribution in [1.29, 1.82) is 0 Å². The summed E-state index contributed by atoms with van der Waals surface area (Å²) in [5.74, 6) is -0.636. The molecular weight excluding hydrogens is 458 g/mol. The van der Waals surface area contributed by atoms with Crippen molar-refractivity contribution in [1.82, 2.24) is 34.7 Å². The number of hydrogen-bond acceptors (Lipinski definition) is 6. The first kappa shape index (κ1) is 23.7. The highest BCUT2D eigenvalue weighted by Gasteiger charge is 2.45. The molecule has 3 atom stereocenters. The number of nitrogens with zero attached hydrogens (tertiary/aromatic N) is 6. The number of unbranched alkanes of at least 4 members (excludes halogenated alkanes) is 1. The lowest BCUT2D eigenvalue weighted by molar-refractivity contribution is -0.149. The Bertz CT molecular complexity index is 1420. The number of carbonyl (C=O) groups is 1. The van der Waals surface area contributed by atoms with Gasteiger partial charge >= 0.3 is 11.7 Å². The maximum atomic E-state index is 13.5. The standard InChI is InChI=1S/C26H29N7O3/c1-3-4-8-21-15-33(23-16(2)11-22(23)25(34)35)26(36)32(21)14-20-13-18(9-10-27-20)17-6-5-7-19(12-17)24-28-30-31-29-24/h5-7,9-10,12-13,15-16,22-23H,3-4,8,11,14H2,1-2H3,(H,34,35)(H,28,29,30,31). The number of nitrogens with one attached hydrogen (secondary N) is 1. The van der Waals surface area contributed by atoms with E-state index in [2.05, 4.69) is 32.5 Å². The van der Waals surface area contributed by atoms with Crippen molar-refractivity contribution in [2.24, 2.45) is 11.8 Å². The van der Waals surface area contributed by atoms with Crippen molar-refractivity contribution in [3.63, 3.8) is 0 Å². The van der Waals surface area contributed by atoms with Crippen molar-refractivity contribution in [3.05, 3.63) is 70.7 Å². The third-order valence-electron chi connectivity index (χ3n) is 7.08. The van der Waals surface area contributed by atoms with Gasteiger partial charge in [0.2, 0.25) is 0 Å². The van der Waals surface area contributed by atoms with E-state index in [1.54, 1.807) is 15.3 Å². The van der Waals surface area contributed by atoms with Crippen molar-refractivity contribution in [2.75, 3.05) is 0 Å². The molecular formula is C26H29N7O3. The number of pyridine rings is 1. The molecule has 0 radical (unpaired) electrons. The van der Waals surface area contributed by atoms with Gasteiger partial charge in [-0.25, -0.2) is 9.89 Å². The van der Waals surface area contributed by atoms with E-state index in [1.807, 2.05) is 49.5 Å². The first-order valence-corrected chi connectivity index (χ1v) is 12.3. The monoisotopic (exact) mass is 487 g/mol. The van der Waals surface area contributed by atoms with Crippen LogP contribution in [-0.4, -0.2) is 45.8 Å². The van der Waals surface area contributed by atoms with Crippen LogP contribution in [0.3, 0.4) is 0 Å². The van der Waals surface area contributed by atoms with Gasteiger partial charge in [0, 0.05) is 23.7 Å². The van der Waals surface area contributed by atoms with Gasteiger partial charge in [-0.1, -0.05) is 38.5 Å². The van der Waals surface area contributed by atoms with Crippen LogP contribution in [0.5, 0.6) is 0 Å². The predicted molar refractivity (Wildman–Crippen MR) is 133 cm³/mol. The number of aliphatic carboxylic acids is 1. The summed E-state index contributed by atoms with van der Waals surface area (Å²) in [4.78, 5) is 29.8. The van der Waals surface area contributed by atoms with Crippen LogP contribution in [0.1, 0.15) is 50.5 Å². The van der Waals surface area contributed by atoms with Crippen LogP contribution in [0.25, 0.3) is 22.5 Å². The topological polar surface area (TPSA) is 132 Å². The molecule has 4 aromatic rings. The highest BCUT2D eigenvalue weighted by Crippen LogP contribution is 2.43. The minimum absolute atomic E-state index is 0.145. The Hall–Kier alpha value is -4.08. The largest absolute Gasteiger partial charge is 0.481 e. The van der Waals surface area contributed by atoms with E-state index in [0.29, 0.717) is 18.8 Å². The van der Waals surface area contributed by atoms with Crippen molar-refractivity contribution < 1.29 is 9.90 Å². The fourth-order valence-electron chi connectivity index (χ4n) is 5.12. The Balaban J connectivity index is 1.47. The number of aryl methyl sites for hydroxylation is 1. The molecule has 3 aromatic heterocycles. The fourth-order valence-corrected chi connectivity index (χ4v) is 5.12. The molecule has 0 bridgehead atoms. The first-order valence-electron chi connectivity index (χ1n) is 12.3. The number of tetrazole rings is 1. The fraction of sp³-hybridized carbons (Fsp3) is 0.385. The molecule has 36 heavy (non-hydrogen) atoms. The van der Waals surface area contributed by atoms with Crippen molar-refractivity contribution in [3.8, 4) is 22.5 Å². The van der Waals surface area contributed by atoms with E-state index in [0.717, 1.165) is 47.3 Å². The highest BCUT2D eigenvalue weighted by atomic mass is 16.4. The highest BCUT2D eigenvalue weighted by molar-refractivity contribution is 5.72. The summed E-state index contributed by atoms with van der Waals surface area (Å²) >= 11 is 0. The molecule has 186 valence electrons. The molecule has 1 aliphatic rings. The summed E-state index contributed by atoms with van der Waals surface area (Å²) in [7, 11) is 0. The molecule has 0 spiro atoms. The predicted octanol–water partition coefficient (Wildman–Crippen LogP) is 3.56. The number of hydrogen-bond donors (Lipinski definition) is 2. The summed E-state index contributed by atoms with van der Waals surface area (Å²) in [6.07, 6.45) is 6.91. The molecule has 10 nitrogen and oxygen atoms in total. The van der Waals surface area contributed by atoms with E-state index in [-0.39, 0.29) is 17.6 Å². The zero-order valence-electron chi connectivity index (χ0n) is 20.3. The number of H-pyrrole nitrogens is 1. The Morgan fingerprint density at radius 2 is 2.00 bits per heavy atom. The van der Waals surface area contributed by atoms with Gasteiger partial charge in [0.25, 0.3) is 0 Å². The molecule has 1 aliphatic carbocycles. The van der Waals surface area contributed by atoms with Crippen LogP contribution >= 0.6 is 0 Å². The average molecular weight is 488 g/mol. The van der Waals surface area contributed by atoms with Gasteiger partial charge in [-0.05, 0) is 64.9 Å². The summed E-state index contributed by atoms with van der Waals surface area (Å²) in [6, 6.07) is 11.5. The Labute approximate surface area is 208 Å². The second-order valence-corrected chi connectivity index (χ2v) is 9.51. The number of aromatic nitrogens is 7. The van der Waals surface area contributed by atoms with E-state index in [4.69, 9.17) is 0 Å². The minimum atomic E-state index is -0.842.